The highest BCUT2D eigenvalue weighted by molar-refractivity contribution is 7.98. The van der Waals surface area contributed by atoms with Crippen molar-refractivity contribution < 1.29 is 18.7 Å². The number of halogens is 1. The van der Waals surface area contributed by atoms with Crippen molar-refractivity contribution in [3.8, 4) is 0 Å². The topological polar surface area (TPSA) is 69.2 Å². The van der Waals surface area contributed by atoms with Gasteiger partial charge in [-0.05, 0) is 63.3 Å². The number of Topliss-reactive ketones (excluding diaryl/α,β-unsaturated/α-hetero) is 1. The number of hydrogen-bond acceptors (Lipinski definition) is 6. The van der Waals surface area contributed by atoms with Crippen LogP contribution in [0.15, 0.2) is 29.4 Å². The van der Waals surface area contributed by atoms with E-state index in [0.29, 0.717) is 17.1 Å². The number of esters is 1. The molecule has 0 saturated heterocycles. The van der Waals surface area contributed by atoms with Crippen molar-refractivity contribution in [2.45, 2.75) is 44.9 Å². The summed E-state index contributed by atoms with van der Waals surface area (Å²) in [5, 5.41) is 0.699. The second kappa shape index (κ2) is 8.89. The van der Waals surface area contributed by atoms with Gasteiger partial charge in [0.15, 0.2) is 11.3 Å². The Morgan fingerprint density at radius 1 is 1.15 bits per heavy atom. The third-order valence-corrected chi connectivity index (χ3v) is 4.52. The van der Waals surface area contributed by atoms with Gasteiger partial charge in [0.1, 0.15) is 5.82 Å². The monoisotopic (exact) mass is 376 g/mol. The number of hydrogen-bond donors (Lipinski definition) is 0. The van der Waals surface area contributed by atoms with Gasteiger partial charge in [0.25, 0.3) is 0 Å². The molecule has 0 bridgehead atoms. The molecule has 0 amide bonds. The largest absolute Gasteiger partial charge is 0.454 e. The number of nitrogens with zero attached hydrogens (tertiary/aromatic N) is 2. The molecular formula is C19H21FN2O3S. The number of rotatable bonds is 7. The van der Waals surface area contributed by atoms with E-state index in [1.807, 2.05) is 20.1 Å². The van der Waals surface area contributed by atoms with Crippen molar-refractivity contribution in [3.05, 3.63) is 52.6 Å². The number of ether oxygens (including phenoxy) is 1. The maximum absolute atomic E-state index is 12.9. The van der Waals surface area contributed by atoms with Crippen LogP contribution < -0.4 is 0 Å². The Morgan fingerprint density at radius 3 is 2.27 bits per heavy atom. The number of carbonyl (C=O) groups is 2. The first-order valence-corrected chi connectivity index (χ1v) is 9.41. The van der Waals surface area contributed by atoms with Crippen molar-refractivity contribution in [2.24, 2.45) is 0 Å². The van der Waals surface area contributed by atoms with Crippen molar-refractivity contribution in [1.29, 1.82) is 0 Å². The molecule has 0 radical (unpaired) electrons. The van der Waals surface area contributed by atoms with E-state index in [2.05, 4.69) is 9.97 Å². The van der Waals surface area contributed by atoms with Crippen LogP contribution in [-0.2, 0) is 16.0 Å². The molecule has 26 heavy (non-hydrogen) atoms. The van der Waals surface area contributed by atoms with Crippen LogP contribution in [0, 0.1) is 19.7 Å². The van der Waals surface area contributed by atoms with Gasteiger partial charge in [0, 0.05) is 23.4 Å². The SMILES string of the molecule is CSc1nc(C)c(CCC(=O)O[C@H](C)C(=O)c2ccc(F)cc2)c(C)n1. The average molecular weight is 376 g/mol. The fourth-order valence-corrected chi connectivity index (χ4v) is 3.00. The van der Waals surface area contributed by atoms with Crippen LogP contribution in [-0.4, -0.2) is 34.1 Å². The Kier molecular flexibility index (Phi) is 6.85. The van der Waals surface area contributed by atoms with E-state index in [4.69, 9.17) is 4.74 Å². The average Bonchev–Trinajstić information content (AvgIpc) is 2.60. The van der Waals surface area contributed by atoms with Gasteiger partial charge in [0.2, 0.25) is 5.78 Å². The summed E-state index contributed by atoms with van der Waals surface area (Å²) in [6.07, 6.45) is 1.56. The van der Waals surface area contributed by atoms with Crippen LogP contribution in [0.25, 0.3) is 0 Å². The molecule has 1 aromatic heterocycles. The molecule has 0 spiro atoms. The smallest absolute Gasteiger partial charge is 0.306 e. The number of aromatic nitrogens is 2. The molecule has 7 heteroatoms. The highest BCUT2D eigenvalue weighted by Crippen LogP contribution is 2.17. The van der Waals surface area contributed by atoms with Crippen molar-refractivity contribution >= 4 is 23.5 Å². The summed E-state index contributed by atoms with van der Waals surface area (Å²) >= 11 is 1.47. The molecule has 0 aliphatic heterocycles. The molecule has 0 fully saturated rings. The Balaban J connectivity index is 1.94. The summed E-state index contributed by atoms with van der Waals surface area (Å²) in [5.41, 5.74) is 2.90. The quantitative estimate of drug-likeness (QED) is 0.318. The number of ketones is 1. The molecule has 0 unspecified atom stereocenters. The zero-order chi connectivity index (χ0) is 19.3. The van der Waals surface area contributed by atoms with Gasteiger partial charge >= 0.3 is 5.97 Å². The molecular weight excluding hydrogens is 355 g/mol. The lowest BCUT2D eigenvalue weighted by atomic mass is 10.1. The lowest BCUT2D eigenvalue weighted by Crippen LogP contribution is -2.24. The van der Waals surface area contributed by atoms with Crippen LogP contribution in [0.2, 0.25) is 0 Å². The summed E-state index contributed by atoms with van der Waals surface area (Å²) in [6, 6.07) is 5.15. The molecule has 0 aliphatic carbocycles. The van der Waals surface area contributed by atoms with Crippen molar-refractivity contribution in [1.82, 2.24) is 9.97 Å². The molecule has 2 rings (SSSR count). The van der Waals surface area contributed by atoms with E-state index in [9.17, 15) is 14.0 Å². The third-order valence-electron chi connectivity index (χ3n) is 3.97. The fraction of sp³-hybridized carbons (Fsp3) is 0.368. The Bertz CT molecular complexity index is 786. The predicted molar refractivity (Wildman–Crippen MR) is 97.9 cm³/mol. The van der Waals surface area contributed by atoms with E-state index in [-0.39, 0.29) is 12.2 Å². The Hall–Kier alpha value is -2.28. The second-order valence-corrected chi connectivity index (χ2v) is 6.64. The number of carbonyl (C=O) groups excluding carboxylic acids is 2. The van der Waals surface area contributed by atoms with E-state index in [1.54, 1.807) is 0 Å². The number of benzene rings is 1. The summed E-state index contributed by atoms with van der Waals surface area (Å²) in [5.74, 6) is -1.26. The number of thioether (sulfide) groups is 1. The summed E-state index contributed by atoms with van der Waals surface area (Å²) in [7, 11) is 0. The summed E-state index contributed by atoms with van der Waals surface area (Å²) < 4.78 is 18.1. The van der Waals surface area contributed by atoms with Crippen molar-refractivity contribution in [2.75, 3.05) is 6.26 Å². The minimum atomic E-state index is -0.926. The van der Waals surface area contributed by atoms with Crippen LogP contribution in [0.5, 0.6) is 0 Å². The Morgan fingerprint density at radius 2 is 1.73 bits per heavy atom. The van der Waals surface area contributed by atoms with Gasteiger partial charge in [-0.25, -0.2) is 14.4 Å². The van der Waals surface area contributed by atoms with E-state index in [1.165, 1.54) is 43.0 Å². The minimum Gasteiger partial charge on any atom is -0.454 e. The predicted octanol–water partition coefficient (Wildman–Crippen LogP) is 3.70. The molecule has 0 aliphatic rings. The van der Waals surface area contributed by atoms with E-state index >= 15 is 0 Å². The lowest BCUT2D eigenvalue weighted by Gasteiger charge is -2.13. The standard InChI is InChI=1S/C19H21FN2O3S/c1-11-16(12(2)22-19(21-11)26-4)9-10-17(23)25-13(3)18(24)14-5-7-15(20)8-6-14/h5-8,13H,9-10H2,1-4H3/t13-/m1/s1. The van der Waals surface area contributed by atoms with Crippen LogP contribution in [0.1, 0.15) is 40.7 Å². The first kappa shape index (κ1) is 20.0. The molecule has 138 valence electrons. The normalized spacial score (nSPS) is 11.9. The summed E-state index contributed by atoms with van der Waals surface area (Å²) in [4.78, 5) is 33.1. The van der Waals surface area contributed by atoms with Gasteiger partial charge in [-0.15, -0.1) is 0 Å². The first-order valence-electron chi connectivity index (χ1n) is 8.19. The van der Waals surface area contributed by atoms with Gasteiger partial charge < -0.3 is 4.74 Å². The lowest BCUT2D eigenvalue weighted by molar-refractivity contribution is -0.146. The molecule has 1 atom stereocenters. The first-order chi connectivity index (χ1) is 12.3. The van der Waals surface area contributed by atoms with Gasteiger partial charge in [0.05, 0.1) is 0 Å². The fourth-order valence-electron chi connectivity index (χ4n) is 2.55. The summed E-state index contributed by atoms with van der Waals surface area (Å²) in [6.45, 7) is 5.28. The molecule has 1 aromatic carbocycles. The molecule has 0 saturated carbocycles. The van der Waals surface area contributed by atoms with Crippen LogP contribution in [0.3, 0.4) is 0 Å². The van der Waals surface area contributed by atoms with Gasteiger partial charge in [-0.1, -0.05) is 11.8 Å². The number of aryl methyl sites for hydroxylation is 2. The molecule has 1 heterocycles. The molecule has 2 aromatic rings. The molecule has 5 nitrogen and oxygen atoms in total. The van der Waals surface area contributed by atoms with E-state index < -0.39 is 17.9 Å². The third kappa shape index (κ3) is 5.11. The van der Waals surface area contributed by atoms with Crippen LogP contribution >= 0.6 is 11.8 Å². The van der Waals surface area contributed by atoms with Gasteiger partial charge in [-0.3, -0.25) is 9.59 Å². The zero-order valence-corrected chi connectivity index (χ0v) is 16.0. The minimum absolute atomic E-state index is 0.130. The van der Waals surface area contributed by atoms with Crippen LogP contribution in [0.4, 0.5) is 4.39 Å². The van der Waals surface area contributed by atoms with Gasteiger partial charge in [-0.2, -0.15) is 0 Å². The highest BCUT2D eigenvalue weighted by Gasteiger charge is 2.20. The zero-order valence-electron chi connectivity index (χ0n) is 15.2. The van der Waals surface area contributed by atoms with E-state index in [0.717, 1.165) is 17.0 Å². The second-order valence-electron chi connectivity index (χ2n) is 5.86. The van der Waals surface area contributed by atoms with Crippen molar-refractivity contribution in [3.63, 3.8) is 0 Å². The maximum atomic E-state index is 12.9. The Labute approximate surface area is 156 Å². The molecule has 0 N–H and O–H groups in total. The highest BCUT2D eigenvalue weighted by atomic mass is 32.2. The maximum Gasteiger partial charge on any atom is 0.306 e.